The van der Waals surface area contributed by atoms with Crippen LogP contribution in [0.1, 0.15) is 18.3 Å². The van der Waals surface area contributed by atoms with Crippen molar-refractivity contribution >= 4 is 10.9 Å². The highest BCUT2D eigenvalue weighted by molar-refractivity contribution is 5.80. The first-order chi connectivity index (χ1) is 9.81. The highest BCUT2D eigenvalue weighted by Gasteiger charge is 2.07. The largest absolute Gasteiger partial charge is 0.340 e. The molecule has 5 heteroatoms. The second kappa shape index (κ2) is 5.46. The van der Waals surface area contributed by atoms with Crippen molar-refractivity contribution < 1.29 is 0 Å². The molecule has 0 bridgehead atoms. The minimum atomic E-state index is 0.677. The van der Waals surface area contributed by atoms with Crippen LogP contribution in [0.5, 0.6) is 0 Å². The van der Waals surface area contributed by atoms with Gasteiger partial charge in [-0.05, 0) is 43.0 Å². The van der Waals surface area contributed by atoms with Gasteiger partial charge in [0.15, 0.2) is 0 Å². The second-order valence-corrected chi connectivity index (χ2v) is 4.87. The van der Waals surface area contributed by atoms with Crippen molar-refractivity contribution in [1.82, 2.24) is 19.3 Å². The van der Waals surface area contributed by atoms with E-state index in [1.54, 1.807) is 6.33 Å². The Hall–Kier alpha value is -2.14. The van der Waals surface area contributed by atoms with Gasteiger partial charge in [-0.1, -0.05) is 12.1 Å². The quantitative estimate of drug-likeness (QED) is 0.768. The summed E-state index contributed by atoms with van der Waals surface area (Å²) >= 11 is 0. The zero-order chi connectivity index (χ0) is 13.9. The van der Waals surface area contributed by atoms with Crippen LogP contribution >= 0.6 is 0 Å². The standard InChI is InChI=1S/C15H19N5/c1-2-20-15(17-11-18-20)10-19-8-6-13-4-3-12(5-7-16)9-14(13)19/h3-4,6,8-9,11H,2,5,7,10,16H2,1H3. The summed E-state index contributed by atoms with van der Waals surface area (Å²) in [5.41, 5.74) is 8.14. The van der Waals surface area contributed by atoms with Crippen LogP contribution in [-0.4, -0.2) is 25.9 Å². The molecule has 3 rings (SSSR count). The number of rotatable bonds is 5. The third kappa shape index (κ3) is 2.32. The predicted octanol–water partition coefficient (Wildman–Crippen LogP) is 1.80. The van der Waals surface area contributed by atoms with Gasteiger partial charge in [0.1, 0.15) is 12.2 Å². The van der Waals surface area contributed by atoms with Crippen molar-refractivity contribution in [2.24, 2.45) is 5.73 Å². The zero-order valence-corrected chi connectivity index (χ0v) is 11.7. The zero-order valence-electron chi connectivity index (χ0n) is 11.7. The summed E-state index contributed by atoms with van der Waals surface area (Å²) in [7, 11) is 0. The molecule has 104 valence electrons. The van der Waals surface area contributed by atoms with E-state index < -0.39 is 0 Å². The van der Waals surface area contributed by atoms with Crippen LogP contribution in [0.4, 0.5) is 0 Å². The molecule has 0 saturated heterocycles. The highest BCUT2D eigenvalue weighted by atomic mass is 15.3. The minimum absolute atomic E-state index is 0.677. The van der Waals surface area contributed by atoms with Gasteiger partial charge in [0.05, 0.1) is 6.54 Å². The van der Waals surface area contributed by atoms with Crippen LogP contribution in [0, 0.1) is 0 Å². The van der Waals surface area contributed by atoms with E-state index in [-0.39, 0.29) is 0 Å². The van der Waals surface area contributed by atoms with Gasteiger partial charge >= 0.3 is 0 Å². The van der Waals surface area contributed by atoms with Gasteiger partial charge in [0.25, 0.3) is 0 Å². The summed E-state index contributed by atoms with van der Waals surface area (Å²) < 4.78 is 4.14. The molecule has 0 radical (unpaired) electrons. The van der Waals surface area contributed by atoms with E-state index in [0.717, 1.165) is 25.3 Å². The van der Waals surface area contributed by atoms with Gasteiger partial charge < -0.3 is 10.3 Å². The lowest BCUT2D eigenvalue weighted by Gasteiger charge is -2.07. The van der Waals surface area contributed by atoms with E-state index >= 15 is 0 Å². The number of nitrogens with two attached hydrogens (primary N) is 1. The molecular formula is C15H19N5. The summed E-state index contributed by atoms with van der Waals surface area (Å²) in [5.74, 6) is 0.981. The summed E-state index contributed by atoms with van der Waals surface area (Å²) in [6, 6.07) is 8.65. The summed E-state index contributed by atoms with van der Waals surface area (Å²) in [6.45, 7) is 4.33. The molecule has 2 N–H and O–H groups in total. The first-order valence-corrected chi connectivity index (χ1v) is 6.96. The second-order valence-electron chi connectivity index (χ2n) is 4.87. The van der Waals surface area contributed by atoms with Crippen LogP contribution in [0.25, 0.3) is 10.9 Å². The van der Waals surface area contributed by atoms with Crippen molar-refractivity contribution in [3.63, 3.8) is 0 Å². The number of nitrogens with zero attached hydrogens (tertiary/aromatic N) is 4. The number of hydrogen-bond acceptors (Lipinski definition) is 3. The molecule has 2 aromatic heterocycles. The fraction of sp³-hybridized carbons (Fsp3) is 0.333. The average molecular weight is 269 g/mol. The third-order valence-corrected chi connectivity index (χ3v) is 3.58. The normalized spacial score (nSPS) is 11.3. The Bertz CT molecular complexity index is 710. The predicted molar refractivity (Wildman–Crippen MR) is 79.5 cm³/mol. The van der Waals surface area contributed by atoms with Gasteiger partial charge in [-0.15, -0.1) is 0 Å². The van der Waals surface area contributed by atoms with E-state index in [4.69, 9.17) is 5.73 Å². The molecule has 0 fully saturated rings. The van der Waals surface area contributed by atoms with Gasteiger partial charge in [-0.2, -0.15) is 5.10 Å². The molecule has 0 unspecified atom stereocenters. The minimum Gasteiger partial charge on any atom is -0.340 e. The van der Waals surface area contributed by atoms with Gasteiger partial charge in [-0.3, -0.25) is 0 Å². The number of fused-ring (bicyclic) bond motifs is 1. The number of hydrogen-bond donors (Lipinski definition) is 1. The molecule has 3 aromatic rings. The lowest BCUT2D eigenvalue weighted by Crippen LogP contribution is -2.08. The number of aryl methyl sites for hydroxylation is 1. The fourth-order valence-corrected chi connectivity index (χ4v) is 2.52. The first-order valence-electron chi connectivity index (χ1n) is 6.96. The van der Waals surface area contributed by atoms with Crippen LogP contribution in [0.3, 0.4) is 0 Å². The average Bonchev–Trinajstić information content (AvgIpc) is 3.07. The highest BCUT2D eigenvalue weighted by Crippen LogP contribution is 2.19. The topological polar surface area (TPSA) is 61.7 Å². The number of aromatic nitrogens is 4. The maximum atomic E-state index is 5.64. The number of benzene rings is 1. The molecule has 20 heavy (non-hydrogen) atoms. The Labute approximate surface area is 118 Å². The Morgan fingerprint density at radius 3 is 2.95 bits per heavy atom. The molecular weight excluding hydrogens is 250 g/mol. The van der Waals surface area contributed by atoms with Gasteiger partial charge in [-0.25, -0.2) is 9.67 Å². The van der Waals surface area contributed by atoms with Crippen molar-refractivity contribution in [2.45, 2.75) is 26.4 Å². The molecule has 2 heterocycles. The van der Waals surface area contributed by atoms with Crippen LogP contribution in [-0.2, 0) is 19.5 Å². The van der Waals surface area contributed by atoms with E-state index in [9.17, 15) is 0 Å². The van der Waals surface area contributed by atoms with Crippen LogP contribution < -0.4 is 5.73 Å². The first kappa shape index (κ1) is 12.9. The summed E-state index contributed by atoms with van der Waals surface area (Å²) in [5, 5.41) is 5.46. The van der Waals surface area contributed by atoms with Crippen molar-refractivity contribution in [1.29, 1.82) is 0 Å². The Kier molecular flexibility index (Phi) is 3.52. The van der Waals surface area contributed by atoms with E-state index in [0.29, 0.717) is 6.54 Å². The van der Waals surface area contributed by atoms with Crippen LogP contribution in [0.15, 0.2) is 36.8 Å². The molecule has 0 atom stereocenters. The Morgan fingerprint density at radius 1 is 1.25 bits per heavy atom. The molecule has 1 aromatic carbocycles. The monoisotopic (exact) mass is 269 g/mol. The SMILES string of the molecule is CCn1ncnc1Cn1ccc2ccc(CCN)cc21. The van der Waals surface area contributed by atoms with Crippen molar-refractivity contribution in [3.05, 3.63) is 48.2 Å². The smallest absolute Gasteiger partial charge is 0.146 e. The maximum Gasteiger partial charge on any atom is 0.146 e. The molecule has 0 aliphatic rings. The molecule has 5 nitrogen and oxygen atoms in total. The van der Waals surface area contributed by atoms with E-state index in [1.165, 1.54) is 16.5 Å². The van der Waals surface area contributed by atoms with Crippen molar-refractivity contribution in [3.8, 4) is 0 Å². The van der Waals surface area contributed by atoms with Gasteiger partial charge in [0, 0.05) is 18.3 Å². The maximum absolute atomic E-state index is 5.64. The fourth-order valence-electron chi connectivity index (χ4n) is 2.52. The Morgan fingerprint density at radius 2 is 2.15 bits per heavy atom. The molecule has 0 spiro atoms. The van der Waals surface area contributed by atoms with Gasteiger partial charge in [0.2, 0.25) is 0 Å². The van der Waals surface area contributed by atoms with Crippen LogP contribution in [0.2, 0.25) is 0 Å². The molecule has 0 aliphatic heterocycles. The third-order valence-electron chi connectivity index (χ3n) is 3.58. The lowest BCUT2D eigenvalue weighted by molar-refractivity contribution is 0.597. The summed E-state index contributed by atoms with van der Waals surface area (Å²) in [6.07, 6.45) is 4.63. The molecule has 0 amide bonds. The van der Waals surface area contributed by atoms with E-state index in [2.05, 4.69) is 52.0 Å². The molecule has 0 aliphatic carbocycles. The Balaban J connectivity index is 1.96. The van der Waals surface area contributed by atoms with E-state index in [1.807, 2.05) is 4.68 Å². The molecule has 0 saturated carbocycles. The summed E-state index contributed by atoms with van der Waals surface area (Å²) in [4.78, 5) is 4.34. The lowest BCUT2D eigenvalue weighted by atomic mass is 10.1. The van der Waals surface area contributed by atoms with Crippen molar-refractivity contribution in [2.75, 3.05) is 6.54 Å².